The second-order valence-electron chi connectivity index (χ2n) is 6.68. The number of halogens is 1. The van der Waals surface area contributed by atoms with Gasteiger partial charge in [-0.05, 0) is 50.1 Å². The molecular weight excluding hydrogens is 462 g/mol. The Labute approximate surface area is 177 Å². The molecule has 1 fully saturated rings. The highest BCUT2D eigenvalue weighted by Gasteiger charge is 2.31. The van der Waals surface area contributed by atoms with E-state index in [1.807, 2.05) is 0 Å². The normalized spacial score (nSPS) is 14.9. The molecular formula is C20H20BrNO6S. The van der Waals surface area contributed by atoms with Crippen LogP contribution in [0.2, 0.25) is 0 Å². The fourth-order valence-electron chi connectivity index (χ4n) is 2.63. The molecule has 154 valence electrons. The fourth-order valence-corrected chi connectivity index (χ4v) is 4.39. The third kappa shape index (κ3) is 5.23. The first-order valence-electron chi connectivity index (χ1n) is 8.92. The van der Waals surface area contributed by atoms with Gasteiger partial charge in [0.2, 0.25) is 15.8 Å². The molecule has 2 aromatic rings. The van der Waals surface area contributed by atoms with Gasteiger partial charge in [0.25, 0.3) is 0 Å². The molecule has 0 unspecified atom stereocenters. The van der Waals surface area contributed by atoms with E-state index in [4.69, 9.17) is 9.47 Å². The standard InChI is InChI=1S/C20H20BrNO6S/c1-12(19(23)13-3-6-15(21)7-4-13)28-20(24)14-5-10-17(27-2)18(11-14)29(25,26)22-16-8-9-16/h3-7,10-12,16,22H,8-9H2,1-2H3/t12-/m0/s1. The number of carbonyl (C=O) groups is 2. The smallest absolute Gasteiger partial charge is 0.338 e. The van der Waals surface area contributed by atoms with Gasteiger partial charge in [-0.1, -0.05) is 28.1 Å². The Kier molecular flexibility index (Phi) is 6.40. The topological polar surface area (TPSA) is 98.8 Å². The van der Waals surface area contributed by atoms with E-state index < -0.39 is 22.1 Å². The van der Waals surface area contributed by atoms with E-state index in [0.29, 0.717) is 5.56 Å². The number of hydrogen-bond donors (Lipinski definition) is 1. The van der Waals surface area contributed by atoms with Crippen LogP contribution in [0, 0.1) is 0 Å². The summed E-state index contributed by atoms with van der Waals surface area (Å²) in [5.74, 6) is -1.04. The minimum atomic E-state index is -3.84. The Hall–Kier alpha value is -2.23. The number of ketones is 1. The summed E-state index contributed by atoms with van der Waals surface area (Å²) in [4.78, 5) is 24.8. The third-order valence-corrected chi connectivity index (χ3v) is 6.44. The van der Waals surface area contributed by atoms with Crippen molar-refractivity contribution in [3.8, 4) is 5.75 Å². The van der Waals surface area contributed by atoms with Crippen molar-refractivity contribution in [3.63, 3.8) is 0 Å². The zero-order valence-electron chi connectivity index (χ0n) is 15.8. The molecule has 0 amide bonds. The second-order valence-corrected chi connectivity index (χ2v) is 9.28. The number of esters is 1. The minimum absolute atomic E-state index is 0.0115. The minimum Gasteiger partial charge on any atom is -0.495 e. The van der Waals surface area contributed by atoms with Crippen LogP contribution in [0.25, 0.3) is 0 Å². The predicted octanol–water partition coefficient (Wildman–Crippen LogP) is 3.33. The lowest BCUT2D eigenvalue weighted by Gasteiger charge is -2.14. The highest BCUT2D eigenvalue weighted by molar-refractivity contribution is 9.10. The molecule has 0 bridgehead atoms. The first-order chi connectivity index (χ1) is 13.7. The van der Waals surface area contributed by atoms with Crippen molar-refractivity contribution in [2.75, 3.05) is 7.11 Å². The molecule has 2 aromatic carbocycles. The molecule has 7 nitrogen and oxygen atoms in total. The van der Waals surface area contributed by atoms with E-state index in [1.165, 1.54) is 32.2 Å². The lowest BCUT2D eigenvalue weighted by molar-refractivity contribution is 0.0318. The van der Waals surface area contributed by atoms with Gasteiger partial charge in [-0.25, -0.2) is 17.9 Å². The summed E-state index contributed by atoms with van der Waals surface area (Å²) in [6.45, 7) is 1.47. The molecule has 0 radical (unpaired) electrons. The maximum Gasteiger partial charge on any atom is 0.338 e. The van der Waals surface area contributed by atoms with Crippen LogP contribution in [-0.4, -0.2) is 39.4 Å². The third-order valence-electron chi connectivity index (χ3n) is 4.37. The van der Waals surface area contributed by atoms with Crippen molar-refractivity contribution < 1.29 is 27.5 Å². The monoisotopic (exact) mass is 481 g/mol. The van der Waals surface area contributed by atoms with Gasteiger partial charge in [0.05, 0.1) is 12.7 Å². The van der Waals surface area contributed by atoms with Crippen LogP contribution in [0.5, 0.6) is 5.75 Å². The number of ether oxygens (including phenoxy) is 2. The zero-order valence-corrected chi connectivity index (χ0v) is 18.2. The molecule has 1 aliphatic carbocycles. The number of carbonyl (C=O) groups excluding carboxylic acids is 2. The molecule has 1 saturated carbocycles. The van der Waals surface area contributed by atoms with Gasteiger partial charge in [-0.3, -0.25) is 4.79 Å². The summed E-state index contributed by atoms with van der Waals surface area (Å²) in [6, 6.07) is 10.6. The average molecular weight is 482 g/mol. The number of hydrogen-bond acceptors (Lipinski definition) is 6. The lowest BCUT2D eigenvalue weighted by Crippen LogP contribution is -2.27. The molecule has 0 saturated heterocycles. The number of nitrogens with one attached hydrogen (secondary N) is 1. The van der Waals surface area contributed by atoms with Gasteiger partial charge in [-0.2, -0.15) is 0 Å². The van der Waals surface area contributed by atoms with Gasteiger partial charge in [-0.15, -0.1) is 0 Å². The highest BCUT2D eigenvalue weighted by atomic mass is 79.9. The molecule has 0 spiro atoms. The van der Waals surface area contributed by atoms with Gasteiger partial charge >= 0.3 is 5.97 Å². The van der Waals surface area contributed by atoms with Crippen molar-refractivity contribution in [2.45, 2.75) is 36.8 Å². The molecule has 0 aliphatic heterocycles. The van der Waals surface area contributed by atoms with E-state index in [0.717, 1.165) is 17.3 Å². The average Bonchev–Trinajstić information content (AvgIpc) is 3.50. The van der Waals surface area contributed by atoms with Crippen molar-refractivity contribution in [2.24, 2.45) is 0 Å². The van der Waals surface area contributed by atoms with Gasteiger partial charge in [0.1, 0.15) is 10.6 Å². The first kappa shape index (κ1) is 21.5. The van der Waals surface area contributed by atoms with E-state index >= 15 is 0 Å². The summed E-state index contributed by atoms with van der Waals surface area (Å²) < 4.78 is 38.9. The Morgan fingerprint density at radius 1 is 1.10 bits per heavy atom. The Balaban J connectivity index is 1.78. The summed E-state index contributed by atoms with van der Waals surface area (Å²) in [5, 5.41) is 0. The van der Waals surface area contributed by atoms with Crippen LogP contribution >= 0.6 is 15.9 Å². The lowest BCUT2D eigenvalue weighted by atomic mass is 10.1. The van der Waals surface area contributed by atoms with Gasteiger partial charge in [0, 0.05) is 16.1 Å². The van der Waals surface area contributed by atoms with Gasteiger partial charge in [0.15, 0.2) is 6.10 Å². The van der Waals surface area contributed by atoms with Crippen LogP contribution in [-0.2, 0) is 14.8 Å². The maximum atomic E-state index is 12.6. The highest BCUT2D eigenvalue weighted by Crippen LogP contribution is 2.28. The fraction of sp³-hybridized carbons (Fsp3) is 0.300. The first-order valence-corrected chi connectivity index (χ1v) is 11.2. The van der Waals surface area contributed by atoms with E-state index in [2.05, 4.69) is 20.7 Å². The number of methoxy groups -OCH3 is 1. The summed E-state index contributed by atoms with van der Waals surface area (Å²) in [5.41, 5.74) is 0.414. The molecule has 1 N–H and O–H groups in total. The molecule has 3 rings (SSSR count). The Morgan fingerprint density at radius 3 is 2.31 bits per heavy atom. The molecule has 9 heteroatoms. The van der Waals surface area contributed by atoms with Crippen molar-refractivity contribution in [3.05, 3.63) is 58.1 Å². The van der Waals surface area contributed by atoms with Crippen molar-refractivity contribution in [1.82, 2.24) is 4.72 Å². The van der Waals surface area contributed by atoms with Crippen LogP contribution in [0.4, 0.5) is 0 Å². The van der Waals surface area contributed by atoms with Crippen LogP contribution in [0.1, 0.15) is 40.5 Å². The van der Waals surface area contributed by atoms with Crippen molar-refractivity contribution in [1.29, 1.82) is 0 Å². The van der Waals surface area contributed by atoms with Crippen LogP contribution in [0.3, 0.4) is 0 Å². The van der Waals surface area contributed by atoms with Crippen LogP contribution < -0.4 is 9.46 Å². The van der Waals surface area contributed by atoms with Gasteiger partial charge < -0.3 is 9.47 Å². The number of rotatable bonds is 8. The van der Waals surface area contributed by atoms with Crippen molar-refractivity contribution >= 4 is 37.7 Å². The number of Topliss-reactive ketones (excluding diaryl/α,β-unsaturated/α-hetero) is 1. The molecule has 0 aromatic heterocycles. The summed E-state index contributed by atoms with van der Waals surface area (Å²) in [7, 11) is -2.49. The maximum absolute atomic E-state index is 12.6. The number of benzene rings is 2. The number of sulfonamides is 1. The quantitative estimate of drug-likeness (QED) is 0.458. The van der Waals surface area contributed by atoms with E-state index in [9.17, 15) is 18.0 Å². The molecule has 0 heterocycles. The predicted molar refractivity (Wildman–Crippen MR) is 110 cm³/mol. The second kappa shape index (κ2) is 8.64. The largest absolute Gasteiger partial charge is 0.495 e. The summed E-state index contributed by atoms with van der Waals surface area (Å²) in [6.07, 6.45) is 0.521. The Morgan fingerprint density at radius 2 is 1.72 bits per heavy atom. The van der Waals surface area contributed by atoms with E-state index in [1.54, 1.807) is 24.3 Å². The van der Waals surface area contributed by atoms with E-state index in [-0.39, 0.29) is 28.0 Å². The SMILES string of the molecule is COc1ccc(C(=O)O[C@@H](C)C(=O)c2ccc(Br)cc2)cc1S(=O)(=O)NC1CC1. The Bertz CT molecular complexity index is 1030. The molecule has 1 aliphatic rings. The molecule has 1 atom stereocenters. The van der Waals surface area contributed by atoms with Crippen LogP contribution in [0.15, 0.2) is 51.8 Å². The summed E-state index contributed by atoms with van der Waals surface area (Å²) >= 11 is 3.29. The zero-order chi connectivity index (χ0) is 21.2. The molecule has 29 heavy (non-hydrogen) atoms.